The van der Waals surface area contributed by atoms with E-state index < -0.39 is 82.3 Å². The van der Waals surface area contributed by atoms with Crippen LogP contribution in [0, 0.1) is 24.5 Å². The number of hydrogen-bond acceptors (Lipinski definition) is 9. The van der Waals surface area contributed by atoms with E-state index >= 15 is 8.78 Å². The molecule has 0 spiro atoms. The summed E-state index contributed by atoms with van der Waals surface area (Å²) < 4.78 is 105. The molecule has 1 saturated carbocycles. The molecule has 292 valence electrons. The molecule has 6 heterocycles. The van der Waals surface area contributed by atoms with Gasteiger partial charge in [0.15, 0.2) is 22.1 Å². The van der Waals surface area contributed by atoms with Crippen molar-refractivity contribution in [2.75, 3.05) is 18.0 Å². The number of H-pyrrole nitrogens is 1. The summed E-state index contributed by atoms with van der Waals surface area (Å²) >= 11 is 1.26. The third-order valence-electron chi connectivity index (χ3n) is 10.9. The van der Waals surface area contributed by atoms with Crippen molar-refractivity contribution in [1.82, 2.24) is 39.7 Å². The maximum absolute atomic E-state index is 15.6. The zero-order chi connectivity index (χ0) is 39.6. The number of nitrogens with one attached hydrogen (secondary N) is 2. The number of carbonyl (C=O) groups excluding carboxylic acids is 1. The number of fused-ring (bicyclic) bond motifs is 5. The predicted octanol–water partition coefficient (Wildman–Crippen LogP) is 5.77. The molecular weight excluding hydrogens is 772 g/mol. The van der Waals surface area contributed by atoms with Crippen LogP contribution in [0.1, 0.15) is 65.6 Å². The molecular formula is C36H30F7N9O3S. The Morgan fingerprint density at radius 3 is 2.48 bits per heavy atom. The SMILES string of the molecule is Cc1c(-c2cc3sc(N4CC(C)(O)C4)nc3nc2[C@H](Cc2cc(F)cc(F)c2)NC(=O)Cn2nc(C(F)(F)F)c3c2C(F)(F)[C@@H]2CC[C@H]32)ccc2n[nH]c(=O)n12. The first kappa shape index (κ1) is 36.3. The second-order valence-electron chi connectivity index (χ2n) is 14.9. The van der Waals surface area contributed by atoms with Gasteiger partial charge in [-0.3, -0.25) is 9.48 Å². The molecule has 5 aromatic heterocycles. The number of thiazole rings is 1. The van der Waals surface area contributed by atoms with Gasteiger partial charge in [0.25, 0.3) is 5.92 Å². The average Bonchev–Trinajstić information content (AvgIpc) is 3.79. The molecule has 56 heavy (non-hydrogen) atoms. The predicted molar refractivity (Wildman–Crippen MR) is 187 cm³/mol. The monoisotopic (exact) mass is 801 g/mol. The highest BCUT2D eigenvalue weighted by molar-refractivity contribution is 7.22. The van der Waals surface area contributed by atoms with Crippen molar-refractivity contribution >= 4 is 38.4 Å². The lowest BCUT2D eigenvalue weighted by Crippen LogP contribution is -2.60. The van der Waals surface area contributed by atoms with Crippen LogP contribution < -0.4 is 15.9 Å². The van der Waals surface area contributed by atoms with Crippen LogP contribution in [0.3, 0.4) is 0 Å². The average molecular weight is 802 g/mol. The summed E-state index contributed by atoms with van der Waals surface area (Å²) in [6.45, 7) is 2.88. The van der Waals surface area contributed by atoms with E-state index in [0.717, 1.165) is 12.1 Å². The number of rotatable bonds is 8. The molecule has 6 aromatic rings. The highest BCUT2D eigenvalue weighted by atomic mass is 32.1. The number of alkyl halides is 5. The number of nitrogens with zero attached hydrogens (tertiary/aromatic N) is 7. The lowest BCUT2D eigenvalue weighted by molar-refractivity contribution is -0.144. The molecule has 12 nitrogen and oxygen atoms in total. The van der Waals surface area contributed by atoms with E-state index in [1.54, 1.807) is 32.0 Å². The van der Waals surface area contributed by atoms with E-state index in [-0.39, 0.29) is 36.2 Å². The van der Waals surface area contributed by atoms with Gasteiger partial charge in [-0.15, -0.1) is 0 Å². The highest BCUT2D eigenvalue weighted by Crippen LogP contribution is 2.64. The molecule has 1 aromatic carbocycles. The summed E-state index contributed by atoms with van der Waals surface area (Å²) in [5.74, 6) is -8.93. The summed E-state index contributed by atoms with van der Waals surface area (Å²) in [7, 11) is 0. The first-order chi connectivity index (χ1) is 26.4. The summed E-state index contributed by atoms with van der Waals surface area (Å²) in [5.41, 5.74) is -2.66. The van der Waals surface area contributed by atoms with Crippen LogP contribution in [0.5, 0.6) is 0 Å². The van der Waals surface area contributed by atoms with Crippen molar-refractivity contribution in [2.45, 2.75) is 69.3 Å². The third kappa shape index (κ3) is 5.82. The van der Waals surface area contributed by atoms with Crippen molar-refractivity contribution in [3.8, 4) is 11.1 Å². The smallest absolute Gasteiger partial charge is 0.386 e. The van der Waals surface area contributed by atoms with E-state index in [2.05, 4.69) is 25.6 Å². The van der Waals surface area contributed by atoms with Crippen LogP contribution in [0.15, 0.2) is 41.2 Å². The van der Waals surface area contributed by atoms with E-state index in [4.69, 9.17) is 4.98 Å². The topological polar surface area (TPSA) is 146 Å². The Morgan fingerprint density at radius 1 is 1.09 bits per heavy atom. The maximum atomic E-state index is 15.6. The van der Waals surface area contributed by atoms with Gasteiger partial charge in [0, 0.05) is 34.4 Å². The Bertz CT molecular complexity index is 2640. The van der Waals surface area contributed by atoms with Gasteiger partial charge in [-0.05, 0) is 74.9 Å². The quantitative estimate of drug-likeness (QED) is 0.165. The van der Waals surface area contributed by atoms with Gasteiger partial charge in [0.2, 0.25) is 5.91 Å². The van der Waals surface area contributed by atoms with Gasteiger partial charge in [-0.2, -0.15) is 37.1 Å². The van der Waals surface area contributed by atoms with E-state index in [9.17, 15) is 36.6 Å². The van der Waals surface area contributed by atoms with Crippen molar-refractivity contribution in [2.24, 2.45) is 5.92 Å². The maximum Gasteiger partial charge on any atom is 0.435 e. The first-order valence-electron chi connectivity index (χ1n) is 17.5. The van der Waals surface area contributed by atoms with Gasteiger partial charge in [-0.1, -0.05) is 11.3 Å². The van der Waals surface area contributed by atoms with E-state index in [1.807, 2.05) is 4.90 Å². The van der Waals surface area contributed by atoms with Crippen molar-refractivity contribution in [1.29, 1.82) is 0 Å². The Kier molecular flexibility index (Phi) is 7.98. The van der Waals surface area contributed by atoms with Crippen molar-refractivity contribution in [3.63, 3.8) is 0 Å². The van der Waals surface area contributed by atoms with E-state index in [0.29, 0.717) is 56.1 Å². The zero-order valence-corrected chi connectivity index (χ0v) is 30.2. The molecule has 0 unspecified atom stereocenters. The molecule has 2 fully saturated rings. The summed E-state index contributed by atoms with van der Waals surface area (Å²) in [6, 6.07) is 6.37. The molecule has 3 aliphatic rings. The van der Waals surface area contributed by atoms with Gasteiger partial charge < -0.3 is 15.3 Å². The number of halogens is 7. The summed E-state index contributed by atoms with van der Waals surface area (Å²) in [4.78, 5) is 38.1. The number of β-amino-alcohol motifs (C(OH)–C–C–N with tert-alkyl or cyclic N) is 1. The third-order valence-corrected chi connectivity index (χ3v) is 11.9. The second-order valence-corrected chi connectivity index (χ2v) is 15.9. The number of pyridine rings is 2. The standard InChI is InChI=1S/C36H30F7N9O3S/c1-15-19(4-6-25-47-48-32(54)52(15)25)21-11-24-31(46-33(56-24)50-13-34(2,55)14-50)45-28(21)23(9-16-7-17(37)10-18(38)8-16)44-26(53)12-51-30-27(29(49-51)36(41,42)43)20-3-5-22(20)35(30,39)40/h4,6-8,10-11,20,22-23,55H,3,5,9,12-14H2,1-2H3,(H,44,53)(H,48,54)/t20-,22+,23-/m0/s1. The highest BCUT2D eigenvalue weighted by Gasteiger charge is 2.63. The fourth-order valence-corrected chi connectivity index (χ4v) is 9.28. The number of hydrogen-bond donors (Lipinski definition) is 3. The minimum atomic E-state index is -5.06. The molecule has 1 aliphatic heterocycles. The zero-order valence-electron chi connectivity index (χ0n) is 29.4. The largest absolute Gasteiger partial charge is 0.435 e. The molecule has 1 saturated heterocycles. The normalized spacial score (nSPS) is 20.1. The molecule has 9 rings (SSSR count). The fraction of sp³-hybridized carbons (Fsp3) is 0.389. The molecule has 3 N–H and O–H groups in total. The van der Waals surface area contributed by atoms with Crippen LogP contribution in [0.25, 0.3) is 27.1 Å². The minimum Gasteiger partial charge on any atom is -0.386 e. The number of anilines is 1. The van der Waals surface area contributed by atoms with Gasteiger partial charge in [-0.25, -0.2) is 28.1 Å². The number of amides is 1. The molecule has 0 radical (unpaired) electrons. The van der Waals surface area contributed by atoms with Crippen molar-refractivity contribution in [3.05, 3.63) is 92.4 Å². The summed E-state index contributed by atoms with van der Waals surface area (Å²) in [5, 5.41) is 23.5. The van der Waals surface area contributed by atoms with Crippen LogP contribution in [0.4, 0.5) is 35.9 Å². The van der Waals surface area contributed by atoms with Crippen molar-refractivity contribution < 1.29 is 40.6 Å². The van der Waals surface area contributed by atoms with Crippen LogP contribution in [0.2, 0.25) is 0 Å². The van der Waals surface area contributed by atoms with E-state index in [1.165, 1.54) is 15.7 Å². The van der Waals surface area contributed by atoms with Crippen LogP contribution in [-0.4, -0.2) is 64.1 Å². The molecule has 1 amide bonds. The Morgan fingerprint density at radius 2 is 1.82 bits per heavy atom. The number of aromatic nitrogens is 7. The lowest BCUT2D eigenvalue weighted by Gasteiger charge is -2.43. The number of carbonyl (C=O) groups is 1. The summed E-state index contributed by atoms with van der Waals surface area (Å²) in [6.07, 6.45) is -5.23. The molecule has 2 aliphatic carbocycles. The van der Waals surface area contributed by atoms with Crippen LogP contribution >= 0.6 is 11.3 Å². The van der Waals surface area contributed by atoms with Gasteiger partial charge in [0.05, 0.1) is 35.1 Å². The lowest BCUT2D eigenvalue weighted by atomic mass is 9.73. The van der Waals surface area contributed by atoms with Gasteiger partial charge in [0.1, 0.15) is 23.9 Å². The van der Waals surface area contributed by atoms with Crippen LogP contribution in [-0.2, 0) is 29.9 Å². The van der Waals surface area contributed by atoms with Gasteiger partial charge >= 0.3 is 11.9 Å². The molecule has 0 bridgehead atoms. The number of aliphatic hydroxyl groups is 1. The second kappa shape index (κ2) is 12.3. The number of benzene rings is 1. The Balaban J connectivity index is 1.17. The fourth-order valence-electron chi connectivity index (χ4n) is 8.34. The Labute approximate surface area is 315 Å². The minimum absolute atomic E-state index is 0.0184. The number of aryl methyl sites for hydroxylation is 1. The molecule has 20 heteroatoms. The Hall–Kier alpha value is -5.37. The first-order valence-corrected chi connectivity index (χ1v) is 18.4. The number of aromatic amines is 1. The molecule has 3 atom stereocenters.